The standard InChI is InChI=1S/C23H27N5O/c1-15-10-20-18(25-22(15)26-21(29)12-23(2,3)4)8-9-28(20)14-16-6-7-17-13-24-27(5)19(17)11-16/h6-11,13H,12,14H2,1-5H3,(H,25,26,29). The highest BCUT2D eigenvalue weighted by Gasteiger charge is 2.17. The number of anilines is 1. The van der Waals surface area contributed by atoms with Crippen molar-refractivity contribution < 1.29 is 4.79 Å². The Bertz CT molecular complexity index is 1210. The van der Waals surface area contributed by atoms with E-state index >= 15 is 0 Å². The van der Waals surface area contributed by atoms with E-state index in [1.807, 2.05) is 37.1 Å². The fraction of sp³-hybridized carbons (Fsp3) is 0.348. The van der Waals surface area contributed by atoms with Crippen LogP contribution >= 0.6 is 0 Å². The van der Waals surface area contributed by atoms with Crippen molar-refractivity contribution in [2.45, 2.75) is 40.7 Å². The first-order valence-corrected chi connectivity index (χ1v) is 9.87. The molecule has 1 amide bonds. The summed E-state index contributed by atoms with van der Waals surface area (Å²) in [5.74, 6) is 0.636. The van der Waals surface area contributed by atoms with Gasteiger partial charge in [0.2, 0.25) is 5.91 Å². The molecule has 0 aliphatic carbocycles. The van der Waals surface area contributed by atoms with Gasteiger partial charge in [0.1, 0.15) is 5.82 Å². The van der Waals surface area contributed by atoms with Crippen LogP contribution in [0.1, 0.15) is 38.3 Å². The van der Waals surface area contributed by atoms with Crippen LogP contribution in [0.3, 0.4) is 0 Å². The van der Waals surface area contributed by atoms with Crippen LogP contribution in [-0.4, -0.2) is 25.2 Å². The Morgan fingerprint density at radius 2 is 1.93 bits per heavy atom. The maximum absolute atomic E-state index is 12.3. The van der Waals surface area contributed by atoms with Crippen molar-refractivity contribution in [1.82, 2.24) is 19.3 Å². The van der Waals surface area contributed by atoms with E-state index in [1.165, 1.54) is 5.56 Å². The lowest BCUT2D eigenvalue weighted by Gasteiger charge is -2.17. The van der Waals surface area contributed by atoms with E-state index in [-0.39, 0.29) is 11.3 Å². The first kappa shape index (κ1) is 19.2. The molecule has 29 heavy (non-hydrogen) atoms. The maximum Gasteiger partial charge on any atom is 0.226 e. The number of hydrogen-bond acceptors (Lipinski definition) is 3. The summed E-state index contributed by atoms with van der Waals surface area (Å²) in [7, 11) is 1.96. The highest BCUT2D eigenvalue weighted by Crippen LogP contribution is 2.24. The Kier molecular flexibility index (Phi) is 4.65. The van der Waals surface area contributed by atoms with Gasteiger partial charge in [-0.3, -0.25) is 9.48 Å². The number of carbonyl (C=O) groups excluding carboxylic acids is 1. The molecule has 0 saturated carbocycles. The second-order valence-corrected chi connectivity index (χ2v) is 8.95. The second-order valence-electron chi connectivity index (χ2n) is 8.95. The van der Waals surface area contributed by atoms with Crippen LogP contribution in [0.15, 0.2) is 42.7 Å². The van der Waals surface area contributed by atoms with Gasteiger partial charge >= 0.3 is 0 Å². The third-order valence-corrected chi connectivity index (χ3v) is 5.06. The number of rotatable bonds is 4. The molecule has 150 valence electrons. The number of amides is 1. The van der Waals surface area contributed by atoms with Gasteiger partial charge in [-0.1, -0.05) is 32.9 Å². The lowest BCUT2D eigenvalue weighted by molar-refractivity contribution is -0.117. The molecule has 6 nitrogen and oxygen atoms in total. The van der Waals surface area contributed by atoms with Gasteiger partial charge in [-0.15, -0.1) is 0 Å². The molecule has 0 fully saturated rings. The smallest absolute Gasteiger partial charge is 0.226 e. The van der Waals surface area contributed by atoms with Crippen LogP contribution in [0.25, 0.3) is 21.9 Å². The van der Waals surface area contributed by atoms with Crippen molar-refractivity contribution in [3.8, 4) is 0 Å². The molecule has 3 aromatic heterocycles. The molecule has 1 aromatic carbocycles. The monoisotopic (exact) mass is 389 g/mol. The molecule has 1 N–H and O–H groups in total. The molecule has 0 radical (unpaired) electrons. The number of fused-ring (bicyclic) bond motifs is 2. The summed E-state index contributed by atoms with van der Waals surface area (Å²) >= 11 is 0. The number of nitrogens with zero attached hydrogens (tertiary/aromatic N) is 4. The van der Waals surface area contributed by atoms with Crippen molar-refractivity contribution in [2.75, 3.05) is 5.32 Å². The van der Waals surface area contributed by atoms with Crippen LogP contribution < -0.4 is 5.32 Å². The molecule has 0 saturated heterocycles. The molecule has 4 aromatic rings. The molecule has 0 aliphatic heterocycles. The van der Waals surface area contributed by atoms with Gasteiger partial charge in [-0.25, -0.2) is 4.98 Å². The number of hydrogen-bond donors (Lipinski definition) is 1. The Hall–Kier alpha value is -3.15. The molecule has 3 heterocycles. The third-order valence-electron chi connectivity index (χ3n) is 5.06. The highest BCUT2D eigenvalue weighted by atomic mass is 16.1. The topological polar surface area (TPSA) is 64.7 Å². The highest BCUT2D eigenvalue weighted by molar-refractivity contribution is 5.92. The van der Waals surface area contributed by atoms with Gasteiger partial charge in [-0.05, 0) is 41.7 Å². The molecule has 0 bridgehead atoms. The van der Waals surface area contributed by atoms with Crippen molar-refractivity contribution in [3.63, 3.8) is 0 Å². The summed E-state index contributed by atoms with van der Waals surface area (Å²) in [6, 6.07) is 10.5. The molecule has 4 rings (SSSR count). The SMILES string of the molecule is Cc1cc2c(ccn2Cc2ccc3cnn(C)c3c2)nc1NC(=O)CC(C)(C)C. The molecular formula is C23H27N5O. The van der Waals surface area contributed by atoms with Gasteiger partial charge in [0, 0.05) is 31.6 Å². The minimum absolute atomic E-state index is 0.00337. The molecule has 0 unspecified atom stereocenters. The van der Waals surface area contributed by atoms with E-state index in [9.17, 15) is 4.79 Å². The second kappa shape index (κ2) is 7.03. The summed E-state index contributed by atoms with van der Waals surface area (Å²) in [6.07, 6.45) is 4.39. The number of aromatic nitrogens is 4. The van der Waals surface area contributed by atoms with Gasteiger partial charge < -0.3 is 9.88 Å². The van der Waals surface area contributed by atoms with Crippen molar-refractivity contribution in [1.29, 1.82) is 0 Å². The summed E-state index contributed by atoms with van der Waals surface area (Å²) in [6.45, 7) is 8.90. The minimum Gasteiger partial charge on any atom is -0.342 e. The lowest BCUT2D eigenvalue weighted by Crippen LogP contribution is -2.20. The van der Waals surface area contributed by atoms with Gasteiger partial charge in [0.25, 0.3) is 0 Å². The Morgan fingerprint density at radius 3 is 2.69 bits per heavy atom. The third kappa shape index (κ3) is 4.01. The van der Waals surface area contributed by atoms with Crippen LogP contribution in [0, 0.1) is 12.3 Å². The van der Waals surface area contributed by atoms with E-state index in [4.69, 9.17) is 4.98 Å². The van der Waals surface area contributed by atoms with Gasteiger partial charge in [-0.2, -0.15) is 5.10 Å². The van der Waals surface area contributed by atoms with Crippen LogP contribution in [-0.2, 0) is 18.4 Å². The number of carbonyl (C=O) groups is 1. The van der Waals surface area contributed by atoms with Crippen LogP contribution in [0.4, 0.5) is 5.82 Å². The predicted octanol–water partition coefficient (Wildman–Crippen LogP) is 4.65. The lowest BCUT2D eigenvalue weighted by atomic mass is 9.92. The van der Waals surface area contributed by atoms with Crippen molar-refractivity contribution in [3.05, 3.63) is 53.9 Å². The zero-order valence-electron chi connectivity index (χ0n) is 17.7. The molecular weight excluding hydrogens is 362 g/mol. The van der Waals surface area contributed by atoms with E-state index in [0.29, 0.717) is 12.2 Å². The average Bonchev–Trinajstić information content (AvgIpc) is 3.18. The molecule has 0 aliphatic rings. The first-order chi connectivity index (χ1) is 13.7. The largest absolute Gasteiger partial charge is 0.342 e. The van der Waals surface area contributed by atoms with Gasteiger partial charge in [0.15, 0.2) is 0 Å². The minimum atomic E-state index is -0.0552. The predicted molar refractivity (Wildman–Crippen MR) is 117 cm³/mol. The summed E-state index contributed by atoms with van der Waals surface area (Å²) in [4.78, 5) is 17.0. The molecule has 0 atom stereocenters. The number of pyridine rings is 1. The van der Waals surface area contributed by atoms with E-state index in [2.05, 4.69) is 60.0 Å². The average molecular weight is 390 g/mol. The molecule has 6 heteroatoms. The fourth-order valence-electron chi connectivity index (χ4n) is 3.61. The van der Waals surface area contributed by atoms with Crippen molar-refractivity contribution in [2.24, 2.45) is 12.5 Å². The number of nitrogens with one attached hydrogen (secondary N) is 1. The Balaban J connectivity index is 1.60. The molecule has 0 spiro atoms. The van der Waals surface area contributed by atoms with Crippen LogP contribution in [0.5, 0.6) is 0 Å². The van der Waals surface area contributed by atoms with E-state index < -0.39 is 0 Å². The zero-order chi connectivity index (χ0) is 20.8. The zero-order valence-corrected chi connectivity index (χ0v) is 17.7. The Labute approximate surface area is 170 Å². The summed E-state index contributed by atoms with van der Waals surface area (Å²) in [5, 5.41) is 8.43. The fourth-order valence-corrected chi connectivity index (χ4v) is 3.61. The summed E-state index contributed by atoms with van der Waals surface area (Å²) < 4.78 is 4.08. The van der Waals surface area contributed by atoms with Crippen LogP contribution in [0.2, 0.25) is 0 Å². The van der Waals surface area contributed by atoms with Gasteiger partial charge in [0.05, 0.1) is 22.7 Å². The quantitative estimate of drug-likeness (QED) is 0.552. The Morgan fingerprint density at radius 1 is 1.14 bits per heavy atom. The van der Waals surface area contributed by atoms with E-state index in [1.54, 1.807) is 0 Å². The number of aryl methyl sites for hydroxylation is 2. The summed E-state index contributed by atoms with van der Waals surface area (Å²) in [5.41, 5.74) is 5.17. The van der Waals surface area contributed by atoms with E-state index in [0.717, 1.165) is 34.0 Å². The number of benzene rings is 1. The first-order valence-electron chi connectivity index (χ1n) is 9.87. The van der Waals surface area contributed by atoms with Crippen molar-refractivity contribution >= 4 is 33.7 Å². The normalized spacial score (nSPS) is 12.0. The maximum atomic E-state index is 12.3.